The highest BCUT2D eigenvalue weighted by Crippen LogP contribution is 2.11. The van der Waals surface area contributed by atoms with Gasteiger partial charge in [0.25, 0.3) is 5.91 Å². The Kier molecular flexibility index (Phi) is 6.59. The summed E-state index contributed by atoms with van der Waals surface area (Å²) in [4.78, 5) is 28.4. The van der Waals surface area contributed by atoms with Crippen LogP contribution in [0.3, 0.4) is 0 Å². The van der Waals surface area contributed by atoms with E-state index in [1.807, 2.05) is 30.3 Å². The van der Waals surface area contributed by atoms with Gasteiger partial charge in [0, 0.05) is 23.9 Å². The van der Waals surface area contributed by atoms with E-state index in [-0.39, 0.29) is 0 Å². The van der Waals surface area contributed by atoms with Crippen LogP contribution in [-0.4, -0.2) is 19.0 Å². The Bertz CT molecular complexity index is 740. The molecule has 0 unspecified atom stereocenters. The van der Waals surface area contributed by atoms with Crippen LogP contribution in [0.25, 0.3) is 0 Å². The van der Waals surface area contributed by atoms with Gasteiger partial charge in [-0.25, -0.2) is 4.79 Å². The molecule has 25 heavy (non-hydrogen) atoms. The van der Waals surface area contributed by atoms with Crippen LogP contribution in [0, 0.1) is 0 Å². The zero-order valence-electron chi connectivity index (χ0n) is 14.1. The van der Waals surface area contributed by atoms with Gasteiger partial charge in [-0.15, -0.1) is 0 Å². The normalized spacial score (nSPS) is 10.7. The Hall–Kier alpha value is -3.28. The predicted molar refractivity (Wildman–Crippen MR) is 93.6 cm³/mol. The molecule has 1 amide bonds. The van der Waals surface area contributed by atoms with Gasteiger partial charge in [0.1, 0.15) is 5.75 Å². The third-order valence-corrected chi connectivity index (χ3v) is 3.35. The number of rotatable bonds is 6. The number of allylic oxidation sites excluding steroid dienone is 1. The first kappa shape index (κ1) is 18.1. The Morgan fingerprint density at radius 3 is 2.36 bits per heavy atom. The third-order valence-electron chi connectivity index (χ3n) is 3.35. The maximum atomic E-state index is 11.9. The molecule has 0 heterocycles. The predicted octanol–water partition coefficient (Wildman–Crippen LogP) is 2.58. The zero-order valence-corrected chi connectivity index (χ0v) is 14.1. The van der Waals surface area contributed by atoms with Crippen LogP contribution >= 0.6 is 0 Å². The van der Waals surface area contributed by atoms with Crippen molar-refractivity contribution < 1.29 is 19.2 Å². The van der Waals surface area contributed by atoms with E-state index in [0.29, 0.717) is 23.6 Å². The van der Waals surface area contributed by atoms with Crippen LogP contribution in [0.5, 0.6) is 5.75 Å². The first-order chi connectivity index (χ1) is 12.1. The number of hydrogen-bond acceptors (Lipinski definition) is 5. The van der Waals surface area contributed by atoms with E-state index in [1.54, 1.807) is 31.2 Å². The molecule has 0 atom stereocenters. The van der Waals surface area contributed by atoms with E-state index >= 15 is 0 Å². The second-order valence-electron chi connectivity index (χ2n) is 5.25. The zero-order chi connectivity index (χ0) is 18.1. The Labute approximate surface area is 146 Å². The highest BCUT2D eigenvalue weighted by molar-refractivity contribution is 5.94. The maximum Gasteiger partial charge on any atom is 0.357 e. The van der Waals surface area contributed by atoms with Gasteiger partial charge in [0.2, 0.25) is 0 Å². The van der Waals surface area contributed by atoms with Crippen LogP contribution in [0.2, 0.25) is 0 Å². The lowest BCUT2D eigenvalue weighted by Gasteiger charge is -2.07. The second kappa shape index (κ2) is 9.12. The lowest BCUT2D eigenvalue weighted by Crippen LogP contribution is -2.26. The molecule has 0 spiro atoms. The minimum atomic E-state index is -0.667. The summed E-state index contributed by atoms with van der Waals surface area (Å²) in [6, 6.07) is 16.2. The summed E-state index contributed by atoms with van der Waals surface area (Å²) in [7, 11) is 1.54. The summed E-state index contributed by atoms with van der Waals surface area (Å²) in [6.07, 6.45) is 1.28. The van der Waals surface area contributed by atoms with Gasteiger partial charge in [-0.05, 0) is 36.8 Å². The topological polar surface area (TPSA) is 76.7 Å². The molecule has 2 aromatic rings. The second-order valence-corrected chi connectivity index (χ2v) is 5.25. The third kappa shape index (κ3) is 6.02. The first-order valence-electron chi connectivity index (χ1n) is 7.70. The fourth-order valence-corrected chi connectivity index (χ4v) is 1.99. The van der Waals surface area contributed by atoms with Gasteiger partial charge in [0.05, 0.1) is 7.11 Å². The molecule has 0 saturated carbocycles. The maximum absolute atomic E-state index is 11.9. The van der Waals surface area contributed by atoms with E-state index in [9.17, 15) is 9.59 Å². The molecule has 0 aliphatic rings. The molecule has 0 aliphatic heterocycles. The minimum absolute atomic E-state index is 0.358. The number of carbonyl (C=O) groups is 2. The molecule has 0 aromatic heterocycles. The molecular formula is C19H20N2O4. The van der Waals surface area contributed by atoms with Crippen LogP contribution in [0.1, 0.15) is 22.8 Å². The van der Waals surface area contributed by atoms with Crippen molar-refractivity contribution in [1.29, 1.82) is 0 Å². The summed E-state index contributed by atoms with van der Waals surface area (Å²) in [5, 5.41) is 3.10. The minimum Gasteiger partial charge on any atom is -0.497 e. The van der Waals surface area contributed by atoms with E-state index in [0.717, 1.165) is 5.56 Å². The average Bonchev–Trinajstić information content (AvgIpc) is 2.65. The summed E-state index contributed by atoms with van der Waals surface area (Å²) >= 11 is 0. The van der Waals surface area contributed by atoms with Gasteiger partial charge < -0.3 is 14.9 Å². The SMILES string of the molecule is COc1ccc(C(=O)NOC(=O)C=C(C)NCc2ccccc2)cc1. The molecule has 2 rings (SSSR count). The number of ether oxygens (including phenoxy) is 1. The monoisotopic (exact) mass is 340 g/mol. The van der Waals surface area contributed by atoms with Crippen LogP contribution in [-0.2, 0) is 16.2 Å². The van der Waals surface area contributed by atoms with Crippen molar-refractivity contribution in [3.63, 3.8) is 0 Å². The van der Waals surface area contributed by atoms with Crippen molar-refractivity contribution in [1.82, 2.24) is 10.8 Å². The summed E-state index contributed by atoms with van der Waals surface area (Å²) in [5.41, 5.74) is 4.20. The fourth-order valence-electron chi connectivity index (χ4n) is 1.99. The number of carbonyl (C=O) groups excluding carboxylic acids is 2. The molecule has 0 aliphatic carbocycles. The highest BCUT2D eigenvalue weighted by atomic mass is 16.7. The van der Waals surface area contributed by atoms with Crippen LogP contribution < -0.4 is 15.5 Å². The van der Waals surface area contributed by atoms with Crippen molar-refractivity contribution in [2.45, 2.75) is 13.5 Å². The molecular weight excluding hydrogens is 320 g/mol. The Morgan fingerprint density at radius 2 is 1.72 bits per heavy atom. The van der Waals surface area contributed by atoms with Crippen LogP contribution in [0.4, 0.5) is 0 Å². The van der Waals surface area contributed by atoms with Crippen molar-refractivity contribution in [2.24, 2.45) is 0 Å². The van der Waals surface area contributed by atoms with Crippen molar-refractivity contribution in [3.05, 3.63) is 77.5 Å². The quantitative estimate of drug-likeness (QED) is 0.624. The molecule has 6 nitrogen and oxygen atoms in total. The standard InChI is InChI=1S/C19H20N2O4/c1-14(20-13-15-6-4-3-5-7-15)12-18(22)25-21-19(23)16-8-10-17(24-2)11-9-16/h3-12,20H,13H2,1-2H3,(H,21,23). The van der Waals surface area contributed by atoms with Gasteiger partial charge >= 0.3 is 5.97 Å². The first-order valence-corrected chi connectivity index (χ1v) is 7.70. The average molecular weight is 340 g/mol. The summed E-state index contributed by atoms with van der Waals surface area (Å²) in [6.45, 7) is 2.34. The fraction of sp³-hybridized carbons (Fsp3) is 0.158. The summed E-state index contributed by atoms with van der Waals surface area (Å²) < 4.78 is 5.01. The van der Waals surface area contributed by atoms with Crippen molar-refractivity contribution in [3.8, 4) is 5.75 Å². The molecule has 2 N–H and O–H groups in total. The number of nitrogens with one attached hydrogen (secondary N) is 2. The Morgan fingerprint density at radius 1 is 1.04 bits per heavy atom. The number of amides is 1. The molecule has 6 heteroatoms. The number of benzene rings is 2. The highest BCUT2D eigenvalue weighted by Gasteiger charge is 2.08. The van der Waals surface area contributed by atoms with Gasteiger partial charge in [-0.2, -0.15) is 5.48 Å². The van der Waals surface area contributed by atoms with E-state index in [4.69, 9.17) is 9.57 Å². The molecule has 130 valence electrons. The molecule has 2 aromatic carbocycles. The molecule has 0 fully saturated rings. The number of hydrogen-bond donors (Lipinski definition) is 2. The molecule has 0 saturated heterocycles. The number of methoxy groups -OCH3 is 1. The van der Waals surface area contributed by atoms with Crippen molar-refractivity contribution >= 4 is 11.9 Å². The van der Waals surface area contributed by atoms with Gasteiger partial charge in [-0.1, -0.05) is 30.3 Å². The van der Waals surface area contributed by atoms with E-state index in [2.05, 4.69) is 10.8 Å². The smallest absolute Gasteiger partial charge is 0.357 e. The number of hydroxylamine groups is 1. The van der Waals surface area contributed by atoms with Crippen LogP contribution in [0.15, 0.2) is 66.4 Å². The lowest BCUT2D eigenvalue weighted by atomic mass is 10.2. The summed E-state index contributed by atoms with van der Waals surface area (Å²) in [5.74, 6) is -0.546. The Balaban J connectivity index is 1.79. The van der Waals surface area contributed by atoms with Crippen molar-refractivity contribution in [2.75, 3.05) is 7.11 Å². The molecule has 0 bridgehead atoms. The lowest BCUT2D eigenvalue weighted by molar-refractivity contribution is -0.142. The van der Waals surface area contributed by atoms with E-state index < -0.39 is 11.9 Å². The van der Waals surface area contributed by atoms with E-state index in [1.165, 1.54) is 13.2 Å². The van der Waals surface area contributed by atoms with Gasteiger partial charge in [0.15, 0.2) is 0 Å². The largest absolute Gasteiger partial charge is 0.497 e. The van der Waals surface area contributed by atoms with Gasteiger partial charge in [-0.3, -0.25) is 4.79 Å². The molecule has 0 radical (unpaired) electrons.